The second-order valence-electron chi connectivity index (χ2n) is 8.15. The van der Waals surface area contributed by atoms with Gasteiger partial charge >= 0.3 is 0 Å². The lowest BCUT2D eigenvalue weighted by molar-refractivity contribution is -0.140. The Balaban J connectivity index is 1.89. The van der Waals surface area contributed by atoms with Crippen molar-refractivity contribution < 1.29 is 9.59 Å². The van der Waals surface area contributed by atoms with Crippen LogP contribution in [0.2, 0.25) is 0 Å². The van der Waals surface area contributed by atoms with Crippen molar-refractivity contribution in [3.8, 4) is 0 Å². The van der Waals surface area contributed by atoms with E-state index < -0.39 is 6.04 Å². The van der Waals surface area contributed by atoms with Crippen LogP contribution in [0.4, 0.5) is 0 Å². The SMILES string of the molecule is C[C@H](NC1CCCCC1)C(=O)N(C)[C@@H](CCCN)C(=O)NCCc1ccccc1. The molecule has 6 nitrogen and oxygen atoms in total. The van der Waals surface area contributed by atoms with Crippen LogP contribution in [0.1, 0.15) is 57.4 Å². The van der Waals surface area contributed by atoms with Gasteiger partial charge in [0.1, 0.15) is 6.04 Å². The molecule has 0 aromatic heterocycles. The van der Waals surface area contributed by atoms with Crippen molar-refractivity contribution in [2.24, 2.45) is 5.73 Å². The molecule has 162 valence electrons. The van der Waals surface area contributed by atoms with Gasteiger partial charge in [-0.3, -0.25) is 9.59 Å². The zero-order valence-corrected chi connectivity index (χ0v) is 18.0. The quantitative estimate of drug-likeness (QED) is 0.530. The predicted molar refractivity (Wildman–Crippen MR) is 117 cm³/mol. The van der Waals surface area contributed by atoms with Crippen LogP contribution in [0.3, 0.4) is 0 Å². The Labute approximate surface area is 175 Å². The molecule has 0 aliphatic heterocycles. The molecule has 29 heavy (non-hydrogen) atoms. The topological polar surface area (TPSA) is 87.5 Å². The molecule has 0 saturated heterocycles. The van der Waals surface area contributed by atoms with Crippen molar-refractivity contribution in [2.45, 2.75) is 76.4 Å². The third-order valence-corrected chi connectivity index (χ3v) is 5.82. The minimum absolute atomic E-state index is 0.0317. The van der Waals surface area contributed by atoms with Gasteiger partial charge in [-0.25, -0.2) is 0 Å². The van der Waals surface area contributed by atoms with Crippen LogP contribution in [-0.2, 0) is 16.0 Å². The van der Waals surface area contributed by atoms with Gasteiger partial charge in [-0.15, -0.1) is 0 Å². The van der Waals surface area contributed by atoms with E-state index in [0.717, 1.165) is 19.3 Å². The minimum atomic E-state index is -0.488. The third kappa shape index (κ3) is 7.78. The Kier molecular flexibility index (Phi) is 10.2. The van der Waals surface area contributed by atoms with Gasteiger partial charge in [0.15, 0.2) is 0 Å². The number of likely N-dealkylation sites (N-methyl/N-ethyl adjacent to an activating group) is 1. The number of hydrogen-bond donors (Lipinski definition) is 3. The monoisotopic (exact) mass is 402 g/mol. The first-order chi connectivity index (χ1) is 14.0. The molecule has 0 spiro atoms. The number of nitrogens with one attached hydrogen (secondary N) is 2. The van der Waals surface area contributed by atoms with Crippen LogP contribution in [0, 0.1) is 0 Å². The van der Waals surface area contributed by atoms with Crippen molar-refractivity contribution in [2.75, 3.05) is 20.1 Å². The van der Waals surface area contributed by atoms with Crippen LogP contribution >= 0.6 is 0 Å². The number of benzene rings is 1. The molecule has 0 heterocycles. The van der Waals surface area contributed by atoms with Gasteiger partial charge in [0.2, 0.25) is 11.8 Å². The van der Waals surface area contributed by atoms with Gasteiger partial charge in [0.25, 0.3) is 0 Å². The molecular weight excluding hydrogens is 364 g/mol. The third-order valence-electron chi connectivity index (χ3n) is 5.82. The first kappa shape index (κ1) is 23.4. The summed E-state index contributed by atoms with van der Waals surface area (Å²) in [4.78, 5) is 27.4. The van der Waals surface area contributed by atoms with Gasteiger partial charge < -0.3 is 21.3 Å². The highest BCUT2D eigenvalue weighted by molar-refractivity contribution is 5.89. The molecule has 0 bridgehead atoms. The number of hydrogen-bond acceptors (Lipinski definition) is 4. The standard InChI is InChI=1S/C23H38N4O2/c1-18(26-20-12-7-4-8-13-20)23(29)27(2)21(14-9-16-24)22(28)25-17-15-19-10-5-3-6-11-19/h3,5-6,10-11,18,20-21,26H,4,7-9,12-17,24H2,1-2H3,(H,25,28)/t18-,21-/m0/s1. The molecule has 0 unspecified atom stereocenters. The molecule has 2 atom stereocenters. The highest BCUT2D eigenvalue weighted by Crippen LogP contribution is 2.18. The van der Waals surface area contributed by atoms with E-state index in [9.17, 15) is 9.59 Å². The number of carbonyl (C=O) groups is 2. The molecule has 1 saturated carbocycles. The Morgan fingerprint density at radius 3 is 2.52 bits per heavy atom. The van der Waals surface area contributed by atoms with Gasteiger partial charge in [-0.2, -0.15) is 0 Å². The van der Waals surface area contributed by atoms with E-state index >= 15 is 0 Å². The average molecular weight is 403 g/mol. The number of amides is 2. The summed E-state index contributed by atoms with van der Waals surface area (Å²) in [5.74, 6) is -0.133. The lowest BCUT2D eigenvalue weighted by atomic mass is 9.95. The largest absolute Gasteiger partial charge is 0.354 e. The second-order valence-corrected chi connectivity index (χ2v) is 8.15. The van der Waals surface area contributed by atoms with Gasteiger partial charge in [-0.1, -0.05) is 49.6 Å². The highest BCUT2D eigenvalue weighted by atomic mass is 16.2. The Bertz CT molecular complexity index is 617. The minimum Gasteiger partial charge on any atom is -0.354 e. The highest BCUT2D eigenvalue weighted by Gasteiger charge is 2.30. The van der Waals surface area contributed by atoms with E-state index in [0.29, 0.717) is 32.0 Å². The van der Waals surface area contributed by atoms with Crippen molar-refractivity contribution in [3.05, 3.63) is 35.9 Å². The maximum Gasteiger partial charge on any atom is 0.242 e. The zero-order valence-electron chi connectivity index (χ0n) is 18.0. The van der Waals surface area contributed by atoms with Gasteiger partial charge in [0.05, 0.1) is 6.04 Å². The van der Waals surface area contributed by atoms with Crippen LogP contribution in [0.25, 0.3) is 0 Å². The van der Waals surface area contributed by atoms with Gasteiger partial charge in [0, 0.05) is 19.6 Å². The summed E-state index contributed by atoms with van der Waals surface area (Å²) in [5, 5.41) is 6.47. The van der Waals surface area contributed by atoms with Crippen molar-refractivity contribution in [1.29, 1.82) is 0 Å². The summed E-state index contributed by atoms with van der Waals surface area (Å²) in [5.41, 5.74) is 6.85. The van der Waals surface area contributed by atoms with Crippen LogP contribution in [-0.4, -0.2) is 55.0 Å². The molecule has 1 aromatic carbocycles. The van der Waals surface area contributed by atoms with E-state index in [1.54, 1.807) is 11.9 Å². The van der Waals surface area contributed by atoms with Crippen molar-refractivity contribution in [3.63, 3.8) is 0 Å². The summed E-state index contributed by atoms with van der Waals surface area (Å²) >= 11 is 0. The lowest BCUT2D eigenvalue weighted by Gasteiger charge is -2.32. The number of carbonyl (C=O) groups excluding carboxylic acids is 2. The average Bonchev–Trinajstić information content (AvgIpc) is 2.74. The molecule has 0 radical (unpaired) electrons. The maximum absolute atomic E-state index is 13.0. The van der Waals surface area contributed by atoms with E-state index in [2.05, 4.69) is 10.6 Å². The Hall–Kier alpha value is -1.92. The van der Waals surface area contributed by atoms with Crippen molar-refractivity contribution in [1.82, 2.24) is 15.5 Å². The fourth-order valence-corrected chi connectivity index (χ4v) is 4.06. The van der Waals surface area contributed by atoms with Crippen LogP contribution in [0.5, 0.6) is 0 Å². The molecular formula is C23H38N4O2. The zero-order chi connectivity index (χ0) is 21.1. The number of nitrogens with two attached hydrogens (primary N) is 1. The summed E-state index contributed by atoms with van der Waals surface area (Å²) < 4.78 is 0. The van der Waals surface area contributed by atoms with E-state index in [1.807, 2.05) is 37.3 Å². The molecule has 2 amide bonds. The maximum atomic E-state index is 13.0. The number of nitrogens with zero attached hydrogens (tertiary/aromatic N) is 1. The molecule has 6 heteroatoms. The van der Waals surface area contributed by atoms with E-state index in [1.165, 1.54) is 24.8 Å². The van der Waals surface area contributed by atoms with Crippen LogP contribution in [0.15, 0.2) is 30.3 Å². The fourth-order valence-electron chi connectivity index (χ4n) is 4.06. The van der Waals surface area contributed by atoms with Crippen molar-refractivity contribution >= 4 is 11.8 Å². The fraction of sp³-hybridized carbons (Fsp3) is 0.652. The molecule has 1 aliphatic rings. The Morgan fingerprint density at radius 1 is 1.17 bits per heavy atom. The normalized spacial score (nSPS) is 16.8. The molecule has 2 rings (SSSR count). The summed E-state index contributed by atoms with van der Waals surface area (Å²) in [7, 11) is 1.74. The molecule has 1 fully saturated rings. The van der Waals surface area contributed by atoms with Crippen LogP contribution < -0.4 is 16.4 Å². The molecule has 1 aliphatic carbocycles. The number of rotatable bonds is 11. The second kappa shape index (κ2) is 12.6. The summed E-state index contributed by atoms with van der Waals surface area (Å²) in [6.07, 6.45) is 8.02. The predicted octanol–water partition coefficient (Wildman–Crippen LogP) is 2.22. The summed E-state index contributed by atoms with van der Waals surface area (Å²) in [6.45, 7) is 2.96. The Morgan fingerprint density at radius 2 is 1.86 bits per heavy atom. The van der Waals surface area contributed by atoms with E-state index in [-0.39, 0.29) is 17.9 Å². The summed E-state index contributed by atoms with van der Waals surface area (Å²) in [6, 6.07) is 9.69. The first-order valence-electron chi connectivity index (χ1n) is 11.1. The smallest absolute Gasteiger partial charge is 0.242 e. The lowest BCUT2D eigenvalue weighted by Crippen LogP contribution is -2.54. The molecule has 4 N–H and O–H groups in total. The first-order valence-corrected chi connectivity index (χ1v) is 11.1. The van der Waals surface area contributed by atoms with Gasteiger partial charge in [-0.05, 0) is 51.1 Å². The molecule has 1 aromatic rings. The van der Waals surface area contributed by atoms with E-state index in [4.69, 9.17) is 5.73 Å².